The third kappa shape index (κ3) is 3.55. The van der Waals surface area contributed by atoms with Crippen molar-refractivity contribution in [2.75, 3.05) is 13.1 Å². The molecule has 2 aromatic rings. The molecule has 0 unspecified atom stereocenters. The number of rotatable bonds is 4. The molecule has 1 saturated carbocycles. The van der Waals surface area contributed by atoms with Gasteiger partial charge in [0.05, 0.1) is 5.69 Å². The van der Waals surface area contributed by atoms with Crippen LogP contribution in [0.5, 0.6) is 0 Å². The van der Waals surface area contributed by atoms with Crippen LogP contribution in [-0.2, 0) is 19.5 Å². The van der Waals surface area contributed by atoms with Gasteiger partial charge in [-0.1, -0.05) is 6.07 Å². The lowest BCUT2D eigenvalue weighted by Gasteiger charge is -2.44. The molecule has 7 nitrogen and oxygen atoms in total. The fourth-order valence-electron chi connectivity index (χ4n) is 4.63. The molecule has 1 spiro atoms. The number of pyridine rings is 1. The van der Waals surface area contributed by atoms with Crippen molar-refractivity contribution in [2.24, 2.45) is 5.41 Å². The van der Waals surface area contributed by atoms with E-state index < -0.39 is 0 Å². The highest BCUT2D eigenvalue weighted by molar-refractivity contribution is 5.91. The summed E-state index contributed by atoms with van der Waals surface area (Å²) in [5.74, 6) is 1.42. The molecule has 0 radical (unpaired) electrons. The number of piperidine rings is 1. The quantitative estimate of drug-likeness (QED) is 0.879. The van der Waals surface area contributed by atoms with E-state index in [0.29, 0.717) is 11.9 Å². The van der Waals surface area contributed by atoms with Gasteiger partial charge in [0.1, 0.15) is 5.82 Å². The Morgan fingerprint density at radius 1 is 1.21 bits per heavy atom. The molecule has 5 rings (SSSR count). The largest absolute Gasteiger partial charge is 0.347 e. The third-order valence-corrected chi connectivity index (χ3v) is 6.56. The number of hydrogen-bond donors (Lipinski definition) is 1. The van der Waals surface area contributed by atoms with E-state index in [4.69, 9.17) is 0 Å². The van der Waals surface area contributed by atoms with Crippen LogP contribution < -0.4 is 5.32 Å². The van der Waals surface area contributed by atoms with Crippen LogP contribution in [0, 0.1) is 12.3 Å². The van der Waals surface area contributed by atoms with E-state index in [1.54, 1.807) is 0 Å². The van der Waals surface area contributed by atoms with Gasteiger partial charge >= 0.3 is 0 Å². The lowest BCUT2D eigenvalue weighted by molar-refractivity contribution is 0.0612. The van der Waals surface area contributed by atoms with Gasteiger partial charge in [0.15, 0.2) is 0 Å². The molecule has 0 aromatic carbocycles. The molecule has 1 saturated heterocycles. The van der Waals surface area contributed by atoms with Crippen LogP contribution in [0.25, 0.3) is 0 Å². The highest BCUT2D eigenvalue weighted by Gasteiger charge is 2.40. The van der Waals surface area contributed by atoms with Gasteiger partial charge in [-0.2, -0.15) is 0 Å². The summed E-state index contributed by atoms with van der Waals surface area (Å²) in [7, 11) is 0. The Hall–Kier alpha value is -2.28. The van der Waals surface area contributed by atoms with Gasteiger partial charge in [0.25, 0.3) is 5.91 Å². The first-order chi connectivity index (χ1) is 13.6. The van der Waals surface area contributed by atoms with E-state index in [1.165, 1.54) is 0 Å². The van der Waals surface area contributed by atoms with Gasteiger partial charge in [-0.05, 0) is 69.7 Å². The number of aromatic nitrogens is 4. The lowest BCUT2D eigenvalue weighted by Crippen LogP contribution is -2.45. The zero-order chi connectivity index (χ0) is 19.1. The Kier molecular flexibility index (Phi) is 4.42. The van der Waals surface area contributed by atoms with Gasteiger partial charge in [-0.15, -0.1) is 10.2 Å². The number of aryl methyl sites for hydroxylation is 2. The van der Waals surface area contributed by atoms with Gasteiger partial charge in [-0.3, -0.25) is 14.7 Å². The van der Waals surface area contributed by atoms with Crippen molar-refractivity contribution < 1.29 is 4.79 Å². The molecule has 0 atom stereocenters. The molecule has 2 aromatic heterocycles. The molecule has 1 amide bonds. The highest BCUT2D eigenvalue weighted by Crippen LogP contribution is 2.41. The average Bonchev–Trinajstić information content (AvgIpc) is 3.40. The minimum absolute atomic E-state index is 0.0544. The van der Waals surface area contributed by atoms with Gasteiger partial charge in [0, 0.05) is 31.2 Å². The molecule has 2 aliphatic heterocycles. The molecule has 148 valence electrons. The lowest BCUT2D eigenvalue weighted by atomic mass is 9.73. The van der Waals surface area contributed by atoms with Crippen LogP contribution in [-0.4, -0.2) is 49.7 Å². The fraction of sp³-hybridized carbons (Fsp3) is 0.619. The summed E-state index contributed by atoms with van der Waals surface area (Å²) in [6, 6.07) is 6.60. The predicted molar refractivity (Wildman–Crippen MR) is 105 cm³/mol. The summed E-state index contributed by atoms with van der Waals surface area (Å²) < 4.78 is 2.10. The number of carbonyl (C=O) groups excluding carboxylic acids is 1. The van der Waals surface area contributed by atoms with Crippen molar-refractivity contribution in [1.29, 1.82) is 0 Å². The van der Waals surface area contributed by atoms with Crippen LogP contribution in [0.1, 0.15) is 59.9 Å². The molecule has 7 heteroatoms. The maximum atomic E-state index is 12.5. The zero-order valence-corrected chi connectivity index (χ0v) is 16.5. The Labute approximate surface area is 165 Å². The van der Waals surface area contributed by atoms with E-state index in [-0.39, 0.29) is 11.3 Å². The number of fused-ring (bicyclic) bond motifs is 1. The minimum atomic E-state index is -0.0544. The Bertz CT molecular complexity index is 879. The number of nitrogens with zero attached hydrogens (tertiary/aromatic N) is 5. The highest BCUT2D eigenvalue weighted by atomic mass is 16.2. The smallest absolute Gasteiger partial charge is 0.289 e. The number of carbonyl (C=O) groups is 1. The first kappa shape index (κ1) is 17.8. The second-order valence-corrected chi connectivity index (χ2v) is 8.82. The Morgan fingerprint density at radius 2 is 2.04 bits per heavy atom. The number of nitrogens with one attached hydrogen (secondary N) is 1. The Balaban J connectivity index is 1.25. The van der Waals surface area contributed by atoms with Crippen molar-refractivity contribution in [2.45, 2.75) is 64.6 Å². The summed E-state index contributed by atoms with van der Waals surface area (Å²) in [4.78, 5) is 19.7. The first-order valence-electron chi connectivity index (χ1n) is 10.5. The number of hydrogen-bond acceptors (Lipinski definition) is 5. The van der Waals surface area contributed by atoms with Gasteiger partial charge in [0.2, 0.25) is 5.82 Å². The van der Waals surface area contributed by atoms with Crippen LogP contribution in [0.15, 0.2) is 18.2 Å². The third-order valence-electron chi connectivity index (χ3n) is 6.56. The van der Waals surface area contributed by atoms with Gasteiger partial charge in [-0.25, -0.2) is 0 Å². The van der Waals surface area contributed by atoms with Crippen molar-refractivity contribution in [3.05, 3.63) is 41.2 Å². The van der Waals surface area contributed by atoms with Crippen LogP contribution in [0.3, 0.4) is 0 Å². The topological polar surface area (TPSA) is 75.9 Å². The SMILES string of the molecule is Cc1cccc(CN2CCC3(CCc4nnc(C(=O)NC5CC5)n4C3)CC2)n1. The maximum Gasteiger partial charge on any atom is 0.289 e. The summed E-state index contributed by atoms with van der Waals surface area (Å²) in [6.07, 6.45) is 6.54. The fourth-order valence-corrected chi connectivity index (χ4v) is 4.63. The van der Waals surface area contributed by atoms with Crippen molar-refractivity contribution >= 4 is 5.91 Å². The van der Waals surface area contributed by atoms with Crippen LogP contribution in [0.4, 0.5) is 0 Å². The van der Waals surface area contributed by atoms with E-state index >= 15 is 0 Å². The second-order valence-electron chi connectivity index (χ2n) is 8.82. The molecule has 0 bridgehead atoms. The maximum absolute atomic E-state index is 12.5. The van der Waals surface area contributed by atoms with Crippen LogP contribution >= 0.6 is 0 Å². The molecule has 2 fully saturated rings. The predicted octanol–water partition coefficient (Wildman–Crippen LogP) is 2.10. The summed E-state index contributed by atoms with van der Waals surface area (Å²) in [5, 5.41) is 11.6. The molecular weight excluding hydrogens is 352 g/mol. The average molecular weight is 380 g/mol. The molecule has 28 heavy (non-hydrogen) atoms. The normalized spacial score (nSPS) is 21.5. The number of amides is 1. The van der Waals surface area contributed by atoms with E-state index in [0.717, 1.165) is 81.9 Å². The Morgan fingerprint density at radius 3 is 2.79 bits per heavy atom. The molecule has 3 aliphatic rings. The zero-order valence-electron chi connectivity index (χ0n) is 16.5. The summed E-state index contributed by atoms with van der Waals surface area (Å²) in [5.41, 5.74) is 2.50. The summed E-state index contributed by atoms with van der Waals surface area (Å²) in [6.45, 7) is 6.00. The van der Waals surface area contributed by atoms with E-state index in [9.17, 15) is 4.79 Å². The molecular formula is C21H28N6O. The molecule has 4 heterocycles. The van der Waals surface area contributed by atoms with Crippen molar-refractivity contribution in [1.82, 2.24) is 30.0 Å². The second kappa shape index (κ2) is 6.95. The monoisotopic (exact) mass is 380 g/mol. The van der Waals surface area contributed by atoms with Crippen LogP contribution in [0.2, 0.25) is 0 Å². The molecule has 1 aliphatic carbocycles. The van der Waals surface area contributed by atoms with Gasteiger partial charge < -0.3 is 9.88 Å². The van der Waals surface area contributed by atoms with E-state index in [1.807, 2.05) is 13.0 Å². The van der Waals surface area contributed by atoms with Crippen molar-refractivity contribution in [3.8, 4) is 0 Å². The standard InChI is InChI=1S/C21H28N6O/c1-15-3-2-4-17(22-15)13-26-11-9-21(10-12-26)8-7-18-24-25-19(27(18)14-21)20(28)23-16-5-6-16/h2-4,16H,5-14H2,1H3,(H,23,28). The van der Waals surface area contributed by atoms with E-state index in [2.05, 4.69) is 42.1 Å². The molecule has 1 N–H and O–H groups in total. The summed E-state index contributed by atoms with van der Waals surface area (Å²) >= 11 is 0. The van der Waals surface area contributed by atoms with Crippen molar-refractivity contribution in [3.63, 3.8) is 0 Å². The first-order valence-corrected chi connectivity index (χ1v) is 10.5. The number of likely N-dealkylation sites (tertiary alicyclic amines) is 1. The minimum Gasteiger partial charge on any atom is -0.347 e.